The van der Waals surface area contributed by atoms with E-state index in [1.54, 1.807) is 6.20 Å². The molecule has 0 bridgehead atoms. The smallest absolute Gasteiger partial charge is 0.252 e. The Bertz CT molecular complexity index is 620. The van der Waals surface area contributed by atoms with Crippen LogP contribution in [-0.4, -0.2) is 37.3 Å². The first-order valence-electron chi connectivity index (χ1n) is 7.25. The largest absolute Gasteiger partial charge is 0.387 e. The average Bonchev–Trinajstić information content (AvgIpc) is 3.15. The fourth-order valence-electron chi connectivity index (χ4n) is 2.13. The van der Waals surface area contributed by atoms with Gasteiger partial charge in [-0.3, -0.25) is 4.79 Å². The van der Waals surface area contributed by atoms with Gasteiger partial charge in [-0.25, -0.2) is 4.98 Å². The van der Waals surface area contributed by atoms with Crippen molar-refractivity contribution in [1.82, 2.24) is 25.0 Å². The Hall–Kier alpha value is -2.22. The molecule has 0 unspecified atom stereocenters. The Labute approximate surface area is 128 Å². The Morgan fingerprint density at radius 1 is 1.45 bits per heavy atom. The minimum absolute atomic E-state index is 0.0919. The van der Waals surface area contributed by atoms with Crippen molar-refractivity contribution in [3.8, 4) is 0 Å². The molecule has 8 nitrogen and oxygen atoms in total. The highest BCUT2D eigenvalue weighted by Gasteiger charge is 2.19. The van der Waals surface area contributed by atoms with E-state index in [0.29, 0.717) is 18.8 Å². The summed E-state index contributed by atoms with van der Waals surface area (Å²) in [7, 11) is 0. The second-order valence-electron chi connectivity index (χ2n) is 5.33. The van der Waals surface area contributed by atoms with Crippen LogP contribution in [0, 0.1) is 0 Å². The molecule has 0 radical (unpaired) electrons. The van der Waals surface area contributed by atoms with Gasteiger partial charge in [-0.1, -0.05) is 19.0 Å². The summed E-state index contributed by atoms with van der Waals surface area (Å²) in [5.41, 5.74) is 0. The third kappa shape index (κ3) is 3.70. The number of aliphatic hydroxyl groups excluding tert-OH is 1. The van der Waals surface area contributed by atoms with Crippen molar-refractivity contribution in [2.24, 2.45) is 0 Å². The van der Waals surface area contributed by atoms with Crippen LogP contribution in [0.5, 0.6) is 0 Å². The van der Waals surface area contributed by atoms with Crippen LogP contribution in [0.25, 0.3) is 0 Å². The van der Waals surface area contributed by atoms with Crippen LogP contribution in [0.4, 0.5) is 0 Å². The van der Waals surface area contributed by atoms with Crippen molar-refractivity contribution in [1.29, 1.82) is 0 Å². The number of aromatic nitrogens is 4. The summed E-state index contributed by atoms with van der Waals surface area (Å²) in [5, 5.41) is 15.4. The van der Waals surface area contributed by atoms with Crippen molar-refractivity contribution >= 4 is 5.91 Å². The van der Waals surface area contributed by atoms with Crippen LogP contribution in [0.1, 0.15) is 50.3 Å². The Kier molecular flexibility index (Phi) is 5.26. The summed E-state index contributed by atoms with van der Waals surface area (Å²) in [5.74, 6) is 1.68. The quantitative estimate of drug-likeness (QED) is 0.783. The molecule has 0 aliphatic heterocycles. The Morgan fingerprint density at radius 3 is 2.86 bits per heavy atom. The molecule has 2 aromatic heterocycles. The molecular weight excluding hydrogens is 286 g/mol. The van der Waals surface area contributed by atoms with Gasteiger partial charge >= 0.3 is 0 Å². The molecule has 1 amide bonds. The molecule has 2 aromatic rings. The summed E-state index contributed by atoms with van der Waals surface area (Å²) in [6.45, 7) is 6.03. The molecule has 22 heavy (non-hydrogen) atoms. The average molecular weight is 307 g/mol. The molecule has 120 valence electrons. The third-order valence-corrected chi connectivity index (χ3v) is 3.30. The number of nitrogens with one attached hydrogen (secondary N) is 1. The number of aliphatic hydroxyl groups is 1. The van der Waals surface area contributed by atoms with E-state index in [-0.39, 0.29) is 30.4 Å². The topological polar surface area (TPSA) is 106 Å². The Morgan fingerprint density at radius 2 is 2.23 bits per heavy atom. The molecule has 0 saturated heterocycles. The van der Waals surface area contributed by atoms with Gasteiger partial charge in [0.1, 0.15) is 18.5 Å². The van der Waals surface area contributed by atoms with Crippen molar-refractivity contribution in [2.45, 2.75) is 45.8 Å². The molecule has 0 spiro atoms. The second kappa shape index (κ2) is 7.17. The van der Waals surface area contributed by atoms with Gasteiger partial charge in [0.25, 0.3) is 5.89 Å². The zero-order valence-corrected chi connectivity index (χ0v) is 13.0. The minimum Gasteiger partial charge on any atom is -0.387 e. The number of hydrogen-bond acceptors (Lipinski definition) is 6. The van der Waals surface area contributed by atoms with Crippen molar-refractivity contribution < 1.29 is 14.4 Å². The predicted molar refractivity (Wildman–Crippen MR) is 78.0 cm³/mol. The SMILES string of the molecule is CC(C)c1nccn1[C@H](C)C(=O)NCCc1noc(CO)n1. The lowest BCUT2D eigenvalue weighted by Crippen LogP contribution is -2.33. The molecule has 1 atom stereocenters. The van der Waals surface area contributed by atoms with Gasteiger partial charge in [-0.2, -0.15) is 4.98 Å². The molecule has 2 N–H and O–H groups in total. The standard InChI is InChI=1S/C14H21N5O3/c1-9(2)13-15-6-7-19(13)10(3)14(21)16-5-4-11-17-12(8-20)22-18-11/h6-7,9-10,20H,4-5,8H2,1-3H3,(H,16,21)/t10-/m1/s1. The number of amides is 1. The fourth-order valence-corrected chi connectivity index (χ4v) is 2.13. The molecule has 8 heteroatoms. The Balaban J connectivity index is 1.87. The zero-order chi connectivity index (χ0) is 16.1. The maximum Gasteiger partial charge on any atom is 0.252 e. The summed E-state index contributed by atoms with van der Waals surface area (Å²) in [6.07, 6.45) is 3.96. The van der Waals surface area contributed by atoms with E-state index >= 15 is 0 Å². The van der Waals surface area contributed by atoms with Crippen molar-refractivity contribution in [2.75, 3.05) is 6.54 Å². The number of nitrogens with zero attached hydrogens (tertiary/aromatic N) is 4. The normalized spacial score (nSPS) is 12.6. The van der Waals surface area contributed by atoms with Crippen LogP contribution >= 0.6 is 0 Å². The van der Waals surface area contributed by atoms with Crippen LogP contribution < -0.4 is 5.32 Å². The van der Waals surface area contributed by atoms with Gasteiger partial charge in [0.15, 0.2) is 5.82 Å². The van der Waals surface area contributed by atoms with Gasteiger partial charge in [-0.05, 0) is 6.92 Å². The lowest BCUT2D eigenvalue weighted by atomic mass is 10.2. The monoisotopic (exact) mass is 307 g/mol. The molecule has 0 aliphatic carbocycles. The summed E-state index contributed by atoms with van der Waals surface area (Å²) >= 11 is 0. The van der Waals surface area contributed by atoms with Gasteiger partial charge in [-0.15, -0.1) is 0 Å². The molecule has 2 heterocycles. The zero-order valence-electron chi connectivity index (χ0n) is 13.0. The maximum atomic E-state index is 12.2. The molecule has 0 fully saturated rings. The van der Waals surface area contributed by atoms with Crippen LogP contribution in [-0.2, 0) is 17.8 Å². The summed E-state index contributed by atoms with van der Waals surface area (Å²) in [4.78, 5) is 20.5. The molecule has 0 aliphatic rings. The third-order valence-electron chi connectivity index (χ3n) is 3.30. The highest BCUT2D eigenvalue weighted by atomic mass is 16.5. The van der Waals surface area contributed by atoms with Gasteiger partial charge < -0.3 is 19.5 Å². The van der Waals surface area contributed by atoms with Crippen molar-refractivity contribution in [3.63, 3.8) is 0 Å². The molecular formula is C14H21N5O3. The van der Waals surface area contributed by atoms with E-state index in [2.05, 4.69) is 20.4 Å². The first-order chi connectivity index (χ1) is 10.5. The van der Waals surface area contributed by atoms with Gasteiger partial charge in [0.2, 0.25) is 5.91 Å². The van der Waals surface area contributed by atoms with Crippen LogP contribution in [0.3, 0.4) is 0 Å². The first-order valence-corrected chi connectivity index (χ1v) is 7.25. The van der Waals surface area contributed by atoms with Crippen molar-refractivity contribution in [3.05, 3.63) is 29.9 Å². The van der Waals surface area contributed by atoms with E-state index in [1.807, 2.05) is 31.5 Å². The van der Waals surface area contributed by atoms with Gasteiger partial charge in [0, 0.05) is 31.3 Å². The van der Waals surface area contributed by atoms with Crippen LogP contribution in [0.15, 0.2) is 16.9 Å². The van der Waals surface area contributed by atoms with E-state index in [0.717, 1.165) is 5.82 Å². The number of imidazole rings is 1. The predicted octanol–water partition coefficient (Wildman–Crippen LogP) is 0.802. The first kappa shape index (κ1) is 16.2. The molecule has 2 rings (SSSR count). The van der Waals surface area contributed by atoms with Crippen LogP contribution in [0.2, 0.25) is 0 Å². The molecule has 0 aromatic carbocycles. The lowest BCUT2D eigenvalue weighted by Gasteiger charge is -2.17. The minimum atomic E-state index is -0.335. The fraction of sp³-hybridized carbons (Fsp3) is 0.571. The lowest BCUT2D eigenvalue weighted by molar-refractivity contribution is -0.123. The second-order valence-corrected chi connectivity index (χ2v) is 5.33. The number of carbonyl (C=O) groups is 1. The van der Waals surface area contributed by atoms with Gasteiger partial charge in [0.05, 0.1) is 0 Å². The highest BCUT2D eigenvalue weighted by Crippen LogP contribution is 2.17. The maximum absolute atomic E-state index is 12.2. The van der Waals surface area contributed by atoms with E-state index < -0.39 is 0 Å². The highest BCUT2D eigenvalue weighted by molar-refractivity contribution is 5.79. The summed E-state index contributed by atoms with van der Waals surface area (Å²) in [6, 6.07) is -0.335. The van der Waals surface area contributed by atoms with E-state index in [4.69, 9.17) is 9.63 Å². The van der Waals surface area contributed by atoms with E-state index in [1.165, 1.54) is 0 Å². The number of carbonyl (C=O) groups excluding carboxylic acids is 1. The molecule has 0 saturated carbocycles. The summed E-state index contributed by atoms with van der Waals surface area (Å²) < 4.78 is 6.66. The number of hydrogen-bond donors (Lipinski definition) is 2. The van der Waals surface area contributed by atoms with E-state index in [9.17, 15) is 4.79 Å². The number of rotatable bonds is 7.